The average molecular weight is 398 g/mol. The molecule has 2 amide bonds. The van der Waals surface area contributed by atoms with E-state index in [-0.39, 0.29) is 11.5 Å². The number of nitrogens with one attached hydrogen (secondary N) is 1. The monoisotopic (exact) mass is 397 g/mol. The fourth-order valence-corrected chi connectivity index (χ4v) is 4.19. The summed E-state index contributed by atoms with van der Waals surface area (Å²) in [5, 5.41) is 12.5. The number of rotatable bonds is 4. The molecule has 2 aromatic rings. The first-order valence-electron chi connectivity index (χ1n) is 8.21. The Hall–Kier alpha value is -2.75. The zero-order valence-electron chi connectivity index (χ0n) is 14.5. The van der Waals surface area contributed by atoms with E-state index in [4.69, 9.17) is 11.6 Å². The number of para-hydroxylation sites is 1. The van der Waals surface area contributed by atoms with Gasteiger partial charge in [-0.05, 0) is 36.2 Å². The molecule has 0 spiro atoms. The zero-order chi connectivity index (χ0) is 19.4. The van der Waals surface area contributed by atoms with Crippen molar-refractivity contribution in [3.05, 3.63) is 75.8 Å². The Morgan fingerprint density at radius 3 is 2.48 bits per heavy atom. The van der Waals surface area contributed by atoms with Crippen LogP contribution in [-0.4, -0.2) is 24.1 Å². The highest BCUT2D eigenvalue weighted by molar-refractivity contribution is 8.05. The van der Waals surface area contributed by atoms with Gasteiger partial charge in [-0.15, -0.1) is 0 Å². The Kier molecular flexibility index (Phi) is 5.84. The topological polar surface area (TPSA) is 73.2 Å². The number of anilines is 1. The molecule has 27 heavy (non-hydrogen) atoms. The van der Waals surface area contributed by atoms with E-state index in [0.29, 0.717) is 22.2 Å². The largest absolute Gasteiger partial charge is 0.354 e. The van der Waals surface area contributed by atoms with E-state index in [0.717, 1.165) is 5.56 Å². The maximum absolute atomic E-state index is 13.1. The van der Waals surface area contributed by atoms with Crippen LogP contribution < -0.4 is 10.2 Å². The number of benzene rings is 2. The number of halogens is 1. The van der Waals surface area contributed by atoms with Crippen molar-refractivity contribution in [3.8, 4) is 6.07 Å². The van der Waals surface area contributed by atoms with Crippen LogP contribution in [0.3, 0.4) is 0 Å². The van der Waals surface area contributed by atoms with Crippen molar-refractivity contribution in [2.24, 2.45) is 0 Å². The lowest BCUT2D eigenvalue weighted by molar-refractivity contribution is -0.117. The SMILES string of the molecule is CNC(=O)/C(C#N)=C1/SC(Cc2ccc(Cl)cc2)C(=O)N1c1ccccc1. The molecule has 136 valence electrons. The van der Waals surface area contributed by atoms with Gasteiger partial charge in [-0.2, -0.15) is 5.26 Å². The summed E-state index contributed by atoms with van der Waals surface area (Å²) in [5.41, 5.74) is 1.51. The van der Waals surface area contributed by atoms with E-state index in [1.54, 1.807) is 24.3 Å². The van der Waals surface area contributed by atoms with Crippen molar-refractivity contribution in [1.82, 2.24) is 5.32 Å². The second kappa shape index (κ2) is 8.30. The molecule has 3 rings (SSSR count). The third-order valence-corrected chi connectivity index (χ3v) is 5.60. The maximum atomic E-state index is 13.1. The number of carbonyl (C=O) groups is 2. The molecule has 5 nitrogen and oxygen atoms in total. The minimum Gasteiger partial charge on any atom is -0.354 e. The van der Waals surface area contributed by atoms with E-state index >= 15 is 0 Å². The highest BCUT2D eigenvalue weighted by Crippen LogP contribution is 2.41. The van der Waals surface area contributed by atoms with E-state index in [2.05, 4.69) is 5.32 Å². The minimum absolute atomic E-state index is 0.0710. The van der Waals surface area contributed by atoms with Gasteiger partial charge in [0.15, 0.2) is 0 Å². The van der Waals surface area contributed by atoms with Crippen LogP contribution in [0.2, 0.25) is 5.02 Å². The number of nitrogens with zero attached hydrogens (tertiary/aromatic N) is 2. The lowest BCUT2D eigenvalue weighted by atomic mass is 10.1. The van der Waals surface area contributed by atoms with Crippen LogP contribution >= 0.6 is 23.4 Å². The summed E-state index contributed by atoms with van der Waals surface area (Å²) >= 11 is 7.16. The second-order valence-corrected chi connectivity index (χ2v) is 7.45. The molecule has 1 aliphatic heterocycles. The number of likely N-dealkylation sites (N-methyl/N-ethyl adjacent to an activating group) is 1. The highest BCUT2D eigenvalue weighted by atomic mass is 35.5. The predicted octanol–water partition coefficient (Wildman–Crippen LogP) is 3.51. The van der Waals surface area contributed by atoms with E-state index < -0.39 is 11.2 Å². The number of hydrogen-bond acceptors (Lipinski definition) is 4. The van der Waals surface area contributed by atoms with Crippen LogP contribution in [0.4, 0.5) is 5.69 Å². The summed E-state index contributed by atoms with van der Waals surface area (Å²) in [6, 6.07) is 18.3. The molecule has 0 aromatic heterocycles. The molecular formula is C20H16ClN3O2S. The Morgan fingerprint density at radius 2 is 1.89 bits per heavy atom. The van der Waals surface area contributed by atoms with Crippen molar-refractivity contribution in [2.45, 2.75) is 11.7 Å². The van der Waals surface area contributed by atoms with Gasteiger partial charge in [0, 0.05) is 17.8 Å². The number of nitriles is 1. The quantitative estimate of drug-likeness (QED) is 0.632. The highest BCUT2D eigenvalue weighted by Gasteiger charge is 2.40. The molecule has 1 N–H and O–H groups in total. The van der Waals surface area contributed by atoms with Crippen LogP contribution in [0.25, 0.3) is 0 Å². The molecule has 1 aliphatic rings. The summed E-state index contributed by atoms with van der Waals surface area (Å²) in [6.07, 6.45) is 0.472. The first-order chi connectivity index (χ1) is 13.0. The van der Waals surface area contributed by atoms with E-state index in [1.165, 1.54) is 23.7 Å². The Morgan fingerprint density at radius 1 is 1.22 bits per heavy atom. The first-order valence-corrected chi connectivity index (χ1v) is 9.47. The molecule has 1 heterocycles. The van der Waals surface area contributed by atoms with E-state index in [9.17, 15) is 14.9 Å². The number of amides is 2. The fourth-order valence-electron chi connectivity index (χ4n) is 2.76. The molecule has 0 bridgehead atoms. The van der Waals surface area contributed by atoms with Crippen LogP contribution in [0, 0.1) is 11.3 Å². The van der Waals surface area contributed by atoms with Crippen molar-refractivity contribution >= 4 is 40.9 Å². The molecule has 1 atom stereocenters. The van der Waals surface area contributed by atoms with Gasteiger partial charge in [0.05, 0.1) is 5.25 Å². The lowest BCUT2D eigenvalue weighted by Gasteiger charge is -2.18. The first kappa shape index (κ1) is 19.0. The average Bonchev–Trinajstić information content (AvgIpc) is 3.00. The lowest BCUT2D eigenvalue weighted by Crippen LogP contribution is -2.31. The van der Waals surface area contributed by atoms with Gasteiger partial charge in [-0.3, -0.25) is 14.5 Å². The van der Waals surface area contributed by atoms with Crippen LogP contribution in [0.1, 0.15) is 5.56 Å². The van der Waals surface area contributed by atoms with Crippen LogP contribution in [-0.2, 0) is 16.0 Å². The van der Waals surface area contributed by atoms with Crippen molar-refractivity contribution < 1.29 is 9.59 Å². The van der Waals surface area contributed by atoms with Gasteiger partial charge in [-0.1, -0.05) is 53.7 Å². The van der Waals surface area contributed by atoms with Gasteiger partial charge >= 0.3 is 0 Å². The van der Waals surface area contributed by atoms with Gasteiger partial charge in [-0.25, -0.2) is 0 Å². The Labute approximate surface area is 166 Å². The molecule has 0 radical (unpaired) electrons. The standard InChI is InChI=1S/C20H16ClN3O2S/c1-23-18(25)16(12-22)20-24(15-5-3-2-4-6-15)19(26)17(27-20)11-13-7-9-14(21)10-8-13/h2-10,17H,11H2,1H3,(H,23,25)/b20-16+. The summed E-state index contributed by atoms with van der Waals surface area (Å²) < 4.78 is 0. The van der Waals surface area contributed by atoms with Crippen LogP contribution in [0.5, 0.6) is 0 Å². The number of carbonyl (C=O) groups excluding carboxylic acids is 2. The van der Waals surface area contributed by atoms with Gasteiger partial charge in [0.1, 0.15) is 16.7 Å². The predicted molar refractivity (Wildman–Crippen MR) is 107 cm³/mol. The summed E-state index contributed by atoms with van der Waals surface area (Å²) in [4.78, 5) is 26.7. The number of thioether (sulfide) groups is 1. The summed E-state index contributed by atoms with van der Waals surface area (Å²) in [5.74, 6) is -0.673. The zero-order valence-corrected chi connectivity index (χ0v) is 16.1. The van der Waals surface area contributed by atoms with Crippen LogP contribution in [0.15, 0.2) is 65.2 Å². The van der Waals surface area contributed by atoms with Gasteiger partial charge in [0.25, 0.3) is 5.91 Å². The molecule has 1 fully saturated rings. The van der Waals surface area contributed by atoms with Crippen molar-refractivity contribution in [1.29, 1.82) is 5.26 Å². The van der Waals surface area contributed by atoms with Gasteiger partial charge < -0.3 is 5.32 Å². The molecule has 0 aliphatic carbocycles. The molecule has 1 unspecified atom stereocenters. The summed E-state index contributed by atoms with van der Waals surface area (Å²) in [7, 11) is 1.46. The molecule has 2 aromatic carbocycles. The molecule has 0 saturated carbocycles. The molecule has 1 saturated heterocycles. The normalized spacial score (nSPS) is 18.2. The molecular weight excluding hydrogens is 382 g/mol. The Bertz CT molecular complexity index is 936. The third-order valence-electron chi connectivity index (χ3n) is 4.08. The van der Waals surface area contributed by atoms with E-state index in [1.807, 2.05) is 36.4 Å². The minimum atomic E-state index is -0.513. The third kappa shape index (κ3) is 4.00. The second-order valence-electron chi connectivity index (χ2n) is 5.82. The number of hydrogen-bond donors (Lipinski definition) is 1. The smallest absolute Gasteiger partial charge is 0.264 e. The van der Waals surface area contributed by atoms with Gasteiger partial charge in [0.2, 0.25) is 5.91 Å². The molecule has 7 heteroatoms. The Balaban J connectivity index is 2.02. The van der Waals surface area contributed by atoms with Crippen molar-refractivity contribution in [3.63, 3.8) is 0 Å². The van der Waals surface area contributed by atoms with Crippen molar-refractivity contribution in [2.75, 3.05) is 11.9 Å². The maximum Gasteiger partial charge on any atom is 0.264 e. The summed E-state index contributed by atoms with van der Waals surface area (Å²) in [6.45, 7) is 0. The fraction of sp³-hybridized carbons (Fsp3) is 0.150.